The van der Waals surface area contributed by atoms with Gasteiger partial charge in [0.2, 0.25) is 11.8 Å². The first-order valence-corrected chi connectivity index (χ1v) is 7.16. The maximum absolute atomic E-state index is 12.4. The molecule has 1 aliphatic heterocycles. The number of hydrogen-bond donors (Lipinski definition) is 2. The fourth-order valence-electron chi connectivity index (χ4n) is 2.51. The fourth-order valence-corrected chi connectivity index (χ4v) is 2.51. The maximum atomic E-state index is 12.4. The normalized spacial score (nSPS) is 18.2. The Hall–Kier alpha value is -2.25. The van der Waals surface area contributed by atoms with Gasteiger partial charge in [-0.3, -0.25) is 9.59 Å². The van der Waals surface area contributed by atoms with Crippen LogP contribution in [0, 0.1) is 6.92 Å². The lowest BCUT2D eigenvalue weighted by atomic mass is 10.1. The lowest BCUT2D eigenvalue weighted by Gasteiger charge is -2.20. The summed E-state index contributed by atoms with van der Waals surface area (Å²) < 4.78 is 37.3. The van der Waals surface area contributed by atoms with E-state index in [9.17, 15) is 22.8 Å². The Morgan fingerprint density at radius 3 is 2.65 bits per heavy atom. The van der Waals surface area contributed by atoms with E-state index in [1.807, 2.05) is 6.92 Å². The topological polar surface area (TPSA) is 61.4 Å². The number of nitrogens with zero attached hydrogens (tertiary/aromatic N) is 1. The molecule has 8 heteroatoms. The zero-order chi connectivity index (χ0) is 17.2. The van der Waals surface area contributed by atoms with Crippen molar-refractivity contribution in [1.29, 1.82) is 0 Å². The Morgan fingerprint density at radius 1 is 1.35 bits per heavy atom. The van der Waals surface area contributed by atoms with Crippen molar-refractivity contribution >= 4 is 23.2 Å². The molecule has 0 aliphatic carbocycles. The number of halogens is 3. The van der Waals surface area contributed by atoms with Gasteiger partial charge in [0.1, 0.15) is 12.6 Å². The number of carbonyl (C=O) groups is 2. The molecule has 1 fully saturated rings. The van der Waals surface area contributed by atoms with Crippen LogP contribution in [0.1, 0.15) is 18.9 Å². The molecule has 2 amide bonds. The molecule has 1 heterocycles. The standard InChI is InChI=1S/C15H18F3N3O2/c1-9-3-4-11(19-10(2)22)13(7-9)20-12-5-6-21(14(12)23)8-15(16,17)18/h3-4,7,12,20H,5-6,8H2,1-2H3,(H,19,22)/t12-/m1/s1. The molecule has 23 heavy (non-hydrogen) atoms. The number of anilines is 2. The smallest absolute Gasteiger partial charge is 0.372 e. The van der Waals surface area contributed by atoms with Crippen LogP contribution in [-0.4, -0.2) is 42.0 Å². The quantitative estimate of drug-likeness (QED) is 0.892. The molecule has 0 radical (unpaired) electrons. The SMILES string of the molecule is CC(=O)Nc1ccc(C)cc1N[C@@H]1CCN(CC(F)(F)F)C1=O. The molecule has 1 aromatic carbocycles. The highest BCUT2D eigenvalue weighted by Gasteiger charge is 2.39. The van der Waals surface area contributed by atoms with E-state index in [0.29, 0.717) is 11.4 Å². The molecular weight excluding hydrogens is 311 g/mol. The largest absolute Gasteiger partial charge is 0.406 e. The molecule has 0 aromatic heterocycles. The number of carbonyl (C=O) groups excluding carboxylic acids is 2. The third-order valence-electron chi connectivity index (χ3n) is 3.48. The summed E-state index contributed by atoms with van der Waals surface area (Å²) in [5.74, 6) is -0.856. The van der Waals surface area contributed by atoms with Gasteiger partial charge in [0.05, 0.1) is 11.4 Å². The van der Waals surface area contributed by atoms with E-state index in [-0.39, 0.29) is 18.9 Å². The molecule has 1 atom stereocenters. The van der Waals surface area contributed by atoms with Gasteiger partial charge in [-0.15, -0.1) is 0 Å². The van der Waals surface area contributed by atoms with E-state index >= 15 is 0 Å². The average Bonchev–Trinajstić information content (AvgIpc) is 2.72. The summed E-state index contributed by atoms with van der Waals surface area (Å²) >= 11 is 0. The Labute approximate surface area is 131 Å². The summed E-state index contributed by atoms with van der Waals surface area (Å²) in [4.78, 5) is 24.1. The van der Waals surface area contributed by atoms with Crippen molar-refractivity contribution in [2.45, 2.75) is 32.5 Å². The van der Waals surface area contributed by atoms with Crippen LogP contribution in [0.4, 0.5) is 24.5 Å². The van der Waals surface area contributed by atoms with Crippen molar-refractivity contribution in [2.24, 2.45) is 0 Å². The second-order valence-corrected chi connectivity index (χ2v) is 5.59. The molecule has 1 aromatic rings. The van der Waals surface area contributed by atoms with Crippen LogP contribution in [0.15, 0.2) is 18.2 Å². The lowest BCUT2D eigenvalue weighted by Crippen LogP contribution is -2.39. The Kier molecular flexibility index (Phi) is 4.82. The highest BCUT2D eigenvalue weighted by Crippen LogP contribution is 2.27. The number of amides is 2. The van der Waals surface area contributed by atoms with Crippen LogP contribution in [0.25, 0.3) is 0 Å². The summed E-state index contributed by atoms with van der Waals surface area (Å²) in [6, 6.07) is 4.49. The Balaban J connectivity index is 2.12. The number of aryl methyl sites for hydroxylation is 1. The van der Waals surface area contributed by atoms with Crippen molar-refractivity contribution in [2.75, 3.05) is 23.7 Å². The molecule has 0 spiro atoms. The predicted octanol–water partition coefficient (Wildman–Crippen LogP) is 2.53. The van der Waals surface area contributed by atoms with Crippen molar-refractivity contribution in [3.05, 3.63) is 23.8 Å². The van der Waals surface area contributed by atoms with Gasteiger partial charge in [0.25, 0.3) is 0 Å². The number of nitrogens with one attached hydrogen (secondary N) is 2. The van der Waals surface area contributed by atoms with Gasteiger partial charge in [0, 0.05) is 13.5 Å². The molecule has 1 saturated heterocycles. The molecule has 2 N–H and O–H groups in total. The highest BCUT2D eigenvalue weighted by atomic mass is 19.4. The minimum absolute atomic E-state index is 0.0529. The predicted molar refractivity (Wildman–Crippen MR) is 80.1 cm³/mol. The molecule has 126 valence electrons. The number of rotatable bonds is 4. The van der Waals surface area contributed by atoms with Gasteiger partial charge in [-0.05, 0) is 31.0 Å². The van der Waals surface area contributed by atoms with Crippen LogP contribution in [0.2, 0.25) is 0 Å². The first-order valence-electron chi connectivity index (χ1n) is 7.16. The monoisotopic (exact) mass is 329 g/mol. The summed E-state index contributed by atoms with van der Waals surface area (Å²) in [5, 5.41) is 5.58. The van der Waals surface area contributed by atoms with Crippen LogP contribution >= 0.6 is 0 Å². The number of alkyl halides is 3. The number of likely N-dealkylation sites (tertiary alicyclic amines) is 1. The van der Waals surface area contributed by atoms with Crippen molar-refractivity contribution in [3.8, 4) is 0 Å². The highest BCUT2D eigenvalue weighted by molar-refractivity contribution is 5.94. The number of benzene rings is 1. The van der Waals surface area contributed by atoms with E-state index in [1.54, 1.807) is 18.2 Å². The van der Waals surface area contributed by atoms with E-state index < -0.39 is 24.7 Å². The average molecular weight is 329 g/mol. The Morgan fingerprint density at radius 2 is 2.04 bits per heavy atom. The molecule has 0 saturated carbocycles. The summed E-state index contributed by atoms with van der Waals surface area (Å²) in [6.45, 7) is 2.01. The van der Waals surface area contributed by atoms with Gasteiger partial charge in [-0.2, -0.15) is 13.2 Å². The van der Waals surface area contributed by atoms with E-state index in [0.717, 1.165) is 10.5 Å². The van der Waals surface area contributed by atoms with E-state index in [4.69, 9.17) is 0 Å². The van der Waals surface area contributed by atoms with E-state index in [2.05, 4.69) is 10.6 Å². The summed E-state index contributed by atoms with van der Waals surface area (Å²) in [6.07, 6.45) is -4.13. The summed E-state index contributed by atoms with van der Waals surface area (Å²) in [5.41, 5.74) is 1.91. The molecule has 0 bridgehead atoms. The second-order valence-electron chi connectivity index (χ2n) is 5.59. The third-order valence-corrected chi connectivity index (χ3v) is 3.48. The first-order chi connectivity index (χ1) is 10.7. The van der Waals surface area contributed by atoms with Gasteiger partial charge in [-0.1, -0.05) is 6.07 Å². The fraction of sp³-hybridized carbons (Fsp3) is 0.467. The molecule has 0 unspecified atom stereocenters. The minimum atomic E-state index is -4.41. The van der Waals surface area contributed by atoms with Crippen LogP contribution in [-0.2, 0) is 9.59 Å². The van der Waals surface area contributed by atoms with Gasteiger partial charge in [-0.25, -0.2) is 0 Å². The summed E-state index contributed by atoms with van der Waals surface area (Å²) in [7, 11) is 0. The molecule has 5 nitrogen and oxygen atoms in total. The van der Waals surface area contributed by atoms with Crippen molar-refractivity contribution in [3.63, 3.8) is 0 Å². The third kappa shape index (κ3) is 4.61. The molecule has 1 aliphatic rings. The van der Waals surface area contributed by atoms with Gasteiger partial charge in [0.15, 0.2) is 0 Å². The zero-order valence-corrected chi connectivity index (χ0v) is 12.8. The molecular formula is C15H18F3N3O2. The second kappa shape index (κ2) is 6.47. The Bertz CT molecular complexity index is 616. The van der Waals surface area contributed by atoms with Crippen LogP contribution < -0.4 is 10.6 Å². The zero-order valence-electron chi connectivity index (χ0n) is 12.8. The van der Waals surface area contributed by atoms with Crippen molar-refractivity contribution in [1.82, 2.24) is 4.90 Å². The van der Waals surface area contributed by atoms with Crippen LogP contribution in [0.3, 0.4) is 0 Å². The molecule has 2 rings (SSSR count). The van der Waals surface area contributed by atoms with Gasteiger partial charge < -0.3 is 15.5 Å². The maximum Gasteiger partial charge on any atom is 0.406 e. The minimum Gasteiger partial charge on any atom is -0.372 e. The number of hydrogen-bond acceptors (Lipinski definition) is 3. The van der Waals surface area contributed by atoms with Crippen molar-refractivity contribution < 1.29 is 22.8 Å². The van der Waals surface area contributed by atoms with Gasteiger partial charge >= 0.3 is 6.18 Å². The van der Waals surface area contributed by atoms with E-state index in [1.165, 1.54) is 6.92 Å². The first kappa shape index (κ1) is 17.1. The lowest BCUT2D eigenvalue weighted by molar-refractivity contribution is -0.157. The van der Waals surface area contributed by atoms with Crippen LogP contribution in [0.5, 0.6) is 0 Å².